The number of carbonyl (C=O) groups is 3. The number of nitro benzene ring substituents is 1. The van der Waals surface area contributed by atoms with Gasteiger partial charge in [-0.25, -0.2) is 4.79 Å². The van der Waals surface area contributed by atoms with E-state index in [0.717, 1.165) is 5.56 Å². The first-order valence-electron chi connectivity index (χ1n) is 12.8. The van der Waals surface area contributed by atoms with Gasteiger partial charge in [0.15, 0.2) is 0 Å². The first-order chi connectivity index (χ1) is 19.1. The summed E-state index contributed by atoms with van der Waals surface area (Å²) in [4.78, 5) is 55.7. The maximum Gasteiger partial charge on any atom is 0.336 e. The third-order valence-corrected chi connectivity index (χ3v) is 6.33. The molecule has 0 spiro atoms. The number of esters is 3. The molecule has 0 bridgehead atoms. The van der Waals surface area contributed by atoms with Crippen LogP contribution in [0.2, 0.25) is 0 Å². The van der Waals surface area contributed by atoms with E-state index in [2.05, 4.69) is 4.99 Å². The average Bonchev–Trinajstić information content (AvgIpc) is 2.92. The average molecular weight is 552 g/mol. The Balaban J connectivity index is 1.95. The second-order valence-corrected chi connectivity index (χ2v) is 9.30. The number of allylic oxidation sites excluding steroid dienone is 1. The Kier molecular flexibility index (Phi) is 10.7. The number of ether oxygens (including phenoxy) is 3. The number of hydrogen-bond donors (Lipinski definition) is 0. The van der Waals surface area contributed by atoms with Gasteiger partial charge in [0.2, 0.25) is 0 Å². The molecule has 2 unspecified atom stereocenters. The van der Waals surface area contributed by atoms with Crippen LogP contribution in [0.3, 0.4) is 0 Å². The molecule has 1 aliphatic rings. The summed E-state index contributed by atoms with van der Waals surface area (Å²) in [5.41, 5.74) is 1.73. The summed E-state index contributed by atoms with van der Waals surface area (Å²) in [6.07, 6.45) is 0. The fraction of sp³-hybridized carbons (Fsp3) is 0.379. The Morgan fingerprint density at radius 2 is 1.77 bits per heavy atom. The van der Waals surface area contributed by atoms with Gasteiger partial charge in [0.1, 0.15) is 19.1 Å². The molecule has 0 aliphatic carbocycles. The molecule has 0 fully saturated rings. The van der Waals surface area contributed by atoms with Gasteiger partial charge in [-0.3, -0.25) is 29.6 Å². The molecule has 40 heavy (non-hydrogen) atoms. The largest absolute Gasteiger partial charge is 0.465 e. The summed E-state index contributed by atoms with van der Waals surface area (Å²) >= 11 is 0. The zero-order chi connectivity index (χ0) is 29.2. The third kappa shape index (κ3) is 7.82. The van der Waals surface area contributed by atoms with Gasteiger partial charge < -0.3 is 14.2 Å². The summed E-state index contributed by atoms with van der Waals surface area (Å²) in [6.45, 7) is 5.34. The lowest BCUT2D eigenvalue weighted by Crippen LogP contribution is -2.40. The lowest BCUT2D eigenvalue weighted by molar-refractivity contribution is -0.384. The number of carbonyl (C=O) groups excluding carboxylic acids is 3. The molecule has 0 saturated carbocycles. The number of aliphatic imine (C=N–C) groups is 1. The van der Waals surface area contributed by atoms with Crippen LogP contribution in [0.4, 0.5) is 5.69 Å². The summed E-state index contributed by atoms with van der Waals surface area (Å²) in [7, 11) is 1.90. The highest BCUT2D eigenvalue weighted by Gasteiger charge is 2.44. The summed E-state index contributed by atoms with van der Waals surface area (Å²) in [5, 5.41) is 11.5. The second kappa shape index (κ2) is 14.1. The zero-order valence-electron chi connectivity index (χ0n) is 23.0. The molecule has 0 aromatic heterocycles. The van der Waals surface area contributed by atoms with Crippen molar-refractivity contribution in [3.8, 4) is 0 Å². The van der Waals surface area contributed by atoms with E-state index in [-0.39, 0.29) is 42.5 Å². The summed E-state index contributed by atoms with van der Waals surface area (Å²) in [5.74, 6) is -4.18. The maximum absolute atomic E-state index is 13.5. The van der Waals surface area contributed by atoms with E-state index in [0.29, 0.717) is 18.7 Å². The first kappa shape index (κ1) is 30.2. The van der Waals surface area contributed by atoms with E-state index in [1.165, 1.54) is 25.1 Å². The number of nitro groups is 1. The van der Waals surface area contributed by atoms with Crippen LogP contribution in [0.15, 0.2) is 70.9 Å². The van der Waals surface area contributed by atoms with Crippen molar-refractivity contribution in [3.05, 3.63) is 87.1 Å². The van der Waals surface area contributed by atoms with Crippen molar-refractivity contribution >= 4 is 29.3 Å². The fourth-order valence-electron chi connectivity index (χ4n) is 4.54. The van der Waals surface area contributed by atoms with E-state index >= 15 is 0 Å². The molecule has 2 aromatic rings. The van der Waals surface area contributed by atoms with Crippen molar-refractivity contribution in [1.29, 1.82) is 0 Å². The molecule has 11 heteroatoms. The van der Waals surface area contributed by atoms with Crippen LogP contribution in [0.1, 0.15) is 37.8 Å². The molecule has 212 valence electrons. The van der Waals surface area contributed by atoms with E-state index in [1.54, 1.807) is 19.9 Å². The molecular weight excluding hydrogens is 518 g/mol. The minimum Gasteiger partial charge on any atom is -0.465 e. The van der Waals surface area contributed by atoms with E-state index in [9.17, 15) is 24.5 Å². The van der Waals surface area contributed by atoms with Crippen LogP contribution in [0.5, 0.6) is 0 Å². The van der Waals surface area contributed by atoms with Crippen molar-refractivity contribution in [3.63, 3.8) is 0 Å². The van der Waals surface area contributed by atoms with E-state index < -0.39 is 34.7 Å². The van der Waals surface area contributed by atoms with E-state index in [1.807, 2.05) is 42.3 Å². The number of hydrogen-bond acceptors (Lipinski definition) is 10. The quantitative estimate of drug-likeness (QED) is 0.167. The van der Waals surface area contributed by atoms with Gasteiger partial charge in [0.25, 0.3) is 5.69 Å². The van der Waals surface area contributed by atoms with Crippen LogP contribution < -0.4 is 0 Å². The molecule has 0 saturated heterocycles. The number of benzene rings is 2. The SMILES string of the molecule is CCOC(=O)C1C(COC(C)=O)=NC(C)=C(C(=O)OCCN(C)Cc2ccccc2)C1c1cccc([N+](=O)[O-])c1. The molecule has 1 aliphatic heterocycles. The highest BCUT2D eigenvalue weighted by molar-refractivity contribution is 6.08. The van der Waals surface area contributed by atoms with Crippen molar-refractivity contribution in [2.24, 2.45) is 10.9 Å². The van der Waals surface area contributed by atoms with Gasteiger partial charge in [-0.05, 0) is 32.0 Å². The summed E-state index contributed by atoms with van der Waals surface area (Å²) < 4.78 is 16.1. The molecule has 2 aromatic carbocycles. The van der Waals surface area contributed by atoms with Crippen molar-refractivity contribution in [2.45, 2.75) is 33.2 Å². The maximum atomic E-state index is 13.5. The normalized spacial score (nSPS) is 16.8. The van der Waals surface area contributed by atoms with Crippen LogP contribution in [0, 0.1) is 16.0 Å². The predicted octanol–water partition coefficient (Wildman–Crippen LogP) is 3.82. The third-order valence-electron chi connectivity index (χ3n) is 6.33. The Bertz CT molecular complexity index is 1310. The Morgan fingerprint density at radius 3 is 2.42 bits per heavy atom. The Labute approximate surface area is 232 Å². The first-order valence-corrected chi connectivity index (χ1v) is 12.8. The van der Waals surface area contributed by atoms with Crippen LogP contribution in [-0.4, -0.2) is 66.9 Å². The van der Waals surface area contributed by atoms with Crippen LogP contribution in [-0.2, 0) is 35.1 Å². The predicted molar refractivity (Wildman–Crippen MR) is 146 cm³/mol. The van der Waals surface area contributed by atoms with Crippen LogP contribution >= 0.6 is 0 Å². The van der Waals surface area contributed by atoms with Gasteiger partial charge in [-0.1, -0.05) is 42.5 Å². The lowest BCUT2D eigenvalue weighted by Gasteiger charge is -2.32. The Morgan fingerprint density at radius 1 is 1.05 bits per heavy atom. The minimum absolute atomic E-state index is 0.0497. The minimum atomic E-state index is -1.17. The fourth-order valence-corrected chi connectivity index (χ4v) is 4.54. The van der Waals surface area contributed by atoms with Crippen molar-refractivity contribution < 1.29 is 33.5 Å². The van der Waals surface area contributed by atoms with Gasteiger partial charge in [0.05, 0.1) is 22.8 Å². The van der Waals surface area contributed by atoms with Gasteiger partial charge >= 0.3 is 17.9 Å². The van der Waals surface area contributed by atoms with Crippen LogP contribution in [0.25, 0.3) is 0 Å². The highest BCUT2D eigenvalue weighted by Crippen LogP contribution is 2.41. The molecule has 3 rings (SSSR count). The smallest absolute Gasteiger partial charge is 0.336 e. The van der Waals surface area contributed by atoms with Gasteiger partial charge in [-0.15, -0.1) is 0 Å². The van der Waals surface area contributed by atoms with Gasteiger partial charge in [0, 0.05) is 43.8 Å². The number of rotatable bonds is 12. The van der Waals surface area contributed by atoms with Crippen molar-refractivity contribution in [2.75, 3.05) is 33.4 Å². The molecule has 0 radical (unpaired) electrons. The molecule has 11 nitrogen and oxygen atoms in total. The summed E-state index contributed by atoms with van der Waals surface area (Å²) in [6, 6.07) is 15.5. The number of likely N-dealkylation sites (N-methyl/N-ethyl adjacent to an activating group) is 1. The number of non-ortho nitro benzene ring substituents is 1. The molecule has 2 atom stereocenters. The molecule has 0 N–H and O–H groups in total. The monoisotopic (exact) mass is 551 g/mol. The lowest BCUT2D eigenvalue weighted by atomic mass is 9.75. The molecule has 1 heterocycles. The van der Waals surface area contributed by atoms with Crippen molar-refractivity contribution in [1.82, 2.24) is 4.90 Å². The van der Waals surface area contributed by atoms with Gasteiger partial charge in [-0.2, -0.15) is 0 Å². The second-order valence-electron chi connectivity index (χ2n) is 9.30. The van der Waals surface area contributed by atoms with E-state index in [4.69, 9.17) is 14.2 Å². The molecular formula is C29H33N3O8. The topological polar surface area (TPSA) is 138 Å². The molecule has 0 amide bonds. The number of nitrogens with zero attached hydrogens (tertiary/aromatic N) is 3. The zero-order valence-corrected chi connectivity index (χ0v) is 23.0. The highest BCUT2D eigenvalue weighted by atomic mass is 16.6. The Hall–Kier alpha value is -4.38. The standard InChI is InChI=1S/C29H33N3O8/c1-5-38-29(35)27-24(18-40-20(3)33)30-19(2)25(26(27)22-12-9-13-23(16-22)32(36)37)28(34)39-15-14-31(4)17-21-10-7-6-8-11-21/h6-13,16,26-27H,5,14-15,17-18H2,1-4H3.